The summed E-state index contributed by atoms with van der Waals surface area (Å²) in [6, 6.07) is 0.536. The molecule has 0 aromatic rings. The molecule has 1 aliphatic carbocycles. The van der Waals surface area contributed by atoms with Crippen molar-refractivity contribution < 1.29 is 4.79 Å². The van der Waals surface area contributed by atoms with Gasteiger partial charge in [0.15, 0.2) is 0 Å². The molecule has 20 heavy (non-hydrogen) atoms. The number of amides is 1. The fourth-order valence-electron chi connectivity index (χ4n) is 3.52. The van der Waals surface area contributed by atoms with Crippen LogP contribution in [0.4, 0.5) is 0 Å². The van der Waals surface area contributed by atoms with Gasteiger partial charge in [0.2, 0.25) is 5.91 Å². The first-order chi connectivity index (χ1) is 8.57. The van der Waals surface area contributed by atoms with E-state index in [1.54, 1.807) is 0 Å². The van der Waals surface area contributed by atoms with Crippen LogP contribution in [0, 0.1) is 0 Å². The molecule has 2 N–H and O–H groups in total. The molecule has 120 valence electrons. The Balaban J connectivity index is 0.00000180. The summed E-state index contributed by atoms with van der Waals surface area (Å²) < 4.78 is 0. The van der Waals surface area contributed by atoms with E-state index in [9.17, 15) is 4.79 Å². The molecule has 0 spiro atoms. The first kappa shape index (κ1) is 20.0. The highest BCUT2D eigenvalue weighted by molar-refractivity contribution is 5.86. The predicted molar refractivity (Wildman–Crippen MR) is 87.8 cm³/mol. The molecule has 4 nitrogen and oxygen atoms in total. The summed E-state index contributed by atoms with van der Waals surface area (Å²) in [5, 5.41) is 0. The Bertz CT molecular complexity index is 309. The van der Waals surface area contributed by atoms with Crippen molar-refractivity contribution in [2.24, 2.45) is 5.73 Å². The Morgan fingerprint density at radius 1 is 1.30 bits per heavy atom. The second-order valence-corrected chi connectivity index (χ2v) is 5.97. The third-order valence-electron chi connectivity index (χ3n) is 4.66. The van der Waals surface area contributed by atoms with Crippen molar-refractivity contribution in [3.8, 4) is 0 Å². The number of rotatable bonds is 4. The minimum atomic E-state index is -0.565. The molecule has 1 heterocycles. The van der Waals surface area contributed by atoms with Gasteiger partial charge in [0.05, 0.1) is 5.54 Å². The van der Waals surface area contributed by atoms with Crippen LogP contribution in [0.25, 0.3) is 0 Å². The maximum atomic E-state index is 12.4. The van der Waals surface area contributed by atoms with Gasteiger partial charge in [0.1, 0.15) is 0 Å². The zero-order valence-electron chi connectivity index (χ0n) is 12.6. The Kier molecular flexibility index (Phi) is 8.41. The Morgan fingerprint density at radius 2 is 1.90 bits per heavy atom. The van der Waals surface area contributed by atoms with Crippen molar-refractivity contribution in [2.45, 2.75) is 57.0 Å². The molecule has 1 unspecified atom stereocenters. The normalized spacial score (nSPS) is 24.9. The number of carbonyl (C=O) groups is 1. The minimum Gasteiger partial charge on any atom is -0.343 e. The number of hydrogen-bond acceptors (Lipinski definition) is 3. The van der Waals surface area contributed by atoms with E-state index < -0.39 is 5.54 Å². The summed E-state index contributed by atoms with van der Waals surface area (Å²) in [7, 11) is 1.92. The van der Waals surface area contributed by atoms with E-state index in [4.69, 9.17) is 5.73 Å². The molecule has 6 heteroatoms. The molecule has 0 aromatic carbocycles. The lowest BCUT2D eigenvalue weighted by atomic mass is 9.97. The van der Waals surface area contributed by atoms with E-state index >= 15 is 0 Å². The van der Waals surface area contributed by atoms with Crippen LogP contribution in [-0.2, 0) is 4.79 Å². The number of nitrogens with two attached hydrogens (primary N) is 1. The monoisotopic (exact) mass is 325 g/mol. The Labute approximate surface area is 135 Å². The van der Waals surface area contributed by atoms with Crippen molar-refractivity contribution in [1.29, 1.82) is 0 Å². The van der Waals surface area contributed by atoms with Crippen LogP contribution >= 0.6 is 24.8 Å². The molecule has 2 aliphatic rings. The third kappa shape index (κ3) is 4.23. The lowest BCUT2D eigenvalue weighted by Gasteiger charge is -2.32. The van der Waals surface area contributed by atoms with Gasteiger partial charge in [-0.15, -0.1) is 24.8 Å². The lowest BCUT2D eigenvalue weighted by Crippen LogP contribution is -2.54. The lowest BCUT2D eigenvalue weighted by molar-refractivity contribution is -0.136. The summed E-state index contributed by atoms with van der Waals surface area (Å²) in [6.45, 7) is 5.30. The van der Waals surface area contributed by atoms with Gasteiger partial charge in [-0.25, -0.2) is 0 Å². The highest BCUT2D eigenvalue weighted by Gasteiger charge is 2.39. The fraction of sp³-hybridized carbons (Fsp3) is 0.929. The van der Waals surface area contributed by atoms with E-state index in [1.165, 1.54) is 19.4 Å². The quantitative estimate of drug-likeness (QED) is 0.860. The Morgan fingerprint density at radius 3 is 2.45 bits per heavy atom. The smallest absolute Gasteiger partial charge is 0.242 e. The zero-order valence-corrected chi connectivity index (χ0v) is 14.3. The predicted octanol–water partition coefficient (Wildman–Crippen LogP) is 2.04. The van der Waals surface area contributed by atoms with E-state index in [-0.39, 0.29) is 30.7 Å². The van der Waals surface area contributed by atoms with Gasteiger partial charge in [-0.2, -0.15) is 0 Å². The molecule has 1 atom stereocenters. The van der Waals surface area contributed by atoms with Gasteiger partial charge in [0, 0.05) is 19.6 Å². The van der Waals surface area contributed by atoms with Gasteiger partial charge in [0.25, 0.3) is 0 Å². The first-order valence-corrected chi connectivity index (χ1v) is 7.35. The Hall–Kier alpha value is -0.0300. The van der Waals surface area contributed by atoms with Gasteiger partial charge in [-0.1, -0.05) is 19.8 Å². The minimum absolute atomic E-state index is 0. The maximum absolute atomic E-state index is 12.4. The molecule has 2 fully saturated rings. The number of likely N-dealkylation sites (tertiary alicyclic amines) is 1. The topological polar surface area (TPSA) is 49.6 Å². The highest BCUT2D eigenvalue weighted by atomic mass is 35.5. The van der Waals surface area contributed by atoms with E-state index in [1.807, 2.05) is 11.9 Å². The van der Waals surface area contributed by atoms with E-state index in [0.29, 0.717) is 6.04 Å². The summed E-state index contributed by atoms with van der Waals surface area (Å²) in [6.07, 6.45) is 6.38. The molecule has 2 rings (SSSR count). The summed E-state index contributed by atoms with van der Waals surface area (Å²) in [5.74, 6) is 0.156. The first-order valence-electron chi connectivity index (χ1n) is 7.35. The number of carbonyl (C=O) groups excluding carboxylic acids is 1. The second-order valence-electron chi connectivity index (χ2n) is 5.97. The maximum Gasteiger partial charge on any atom is 0.242 e. The molecular formula is C14H29Cl2N3O. The number of halogens is 2. The van der Waals surface area contributed by atoms with E-state index in [2.05, 4.69) is 11.8 Å². The van der Waals surface area contributed by atoms with Crippen LogP contribution < -0.4 is 5.73 Å². The van der Waals surface area contributed by atoms with Crippen LogP contribution in [0.2, 0.25) is 0 Å². The van der Waals surface area contributed by atoms with Crippen molar-refractivity contribution in [3.63, 3.8) is 0 Å². The van der Waals surface area contributed by atoms with E-state index in [0.717, 1.165) is 38.8 Å². The average molecular weight is 326 g/mol. The van der Waals surface area contributed by atoms with Gasteiger partial charge >= 0.3 is 0 Å². The van der Waals surface area contributed by atoms with Crippen LogP contribution in [0.3, 0.4) is 0 Å². The molecule has 0 aromatic heterocycles. The van der Waals surface area contributed by atoms with Crippen LogP contribution in [0.1, 0.15) is 45.4 Å². The van der Waals surface area contributed by atoms with Gasteiger partial charge < -0.3 is 10.6 Å². The van der Waals surface area contributed by atoms with Crippen molar-refractivity contribution in [3.05, 3.63) is 0 Å². The van der Waals surface area contributed by atoms with Gasteiger partial charge in [-0.3, -0.25) is 9.69 Å². The molecule has 1 amide bonds. The van der Waals surface area contributed by atoms with Crippen molar-refractivity contribution in [1.82, 2.24) is 9.80 Å². The average Bonchev–Trinajstić information content (AvgIpc) is 2.97. The summed E-state index contributed by atoms with van der Waals surface area (Å²) >= 11 is 0. The second kappa shape index (κ2) is 8.42. The number of likely N-dealkylation sites (N-methyl/N-ethyl adjacent to an activating group) is 2. The molecule has 1 saturated carbocycles. The molecule has 1 saturated heterocycles. The van der Waals surface area contributed by atoms with Crippen molar-refractivity contribution in [2.75, 3.05) is 26.7 Å². The molecule has 0 radical (unpaired) electrons. The summed E-state index contributed by atoms with van der Waals surface area (Å²) in [4.78, 5) is 16.8. The van der Waals surface area contributed by atoms with Crippen molar-refractivity contribution >= 4 is 30.7 Å². The van der Waals surface area contributed by atoms with Gasteiger partial charge in [-0.05, 0) is 38.8 Å². The molecule has 0 bridgehead atoms. The third-order valence-corrected chi connectivity index (χ3v) is 4.66. The zero-order chi connectivity index (χ0) is 13.2. The number of nitrogens with zero attached hydrogens (tertiary/aromatic N) is 2. The van der Waals surface area contributed by atoms with Crippen LogP contribution in [0.5, 0.6) is 0 Å². The van der Waals surface area contributed by atoms with Crippen LogP contribution in [0.15, 0.2) is 0 Å². The molecule has 1 aliphatic heterocycles. The highest BCUT2D eigenvalue weighted by Crippen LogP contribution is 2.29. The largest absolute Gasteiger partial charge is 0.343 e. The fourth-order valence-corrected chi connectivity index (χ4v) is 3.52. The van der Waals surface area contributed by atoms with Crippen LogP contribution in [-0.4, -0.2) is 54.0 Å². The SMILES string of the molecule is CCN1CCCC1CN(C)C(=O)C1(N)CCCC1.Cl.Cl. The summed E-state index contributed by atoms with van der Waals surface area (Å²) in [5.41, 5.74) is 5.68. The standard InChI is InChI=1S/C14H27N3O.2ClH/c1-3-17-10-6-7-12(17)11-16(2)13(18)14(15)8-4-5-9-14;;/h12H,3-11,15H2,1-2H3;2*1H. The number of hydrogen-bond donors (Lipinski definition) is 1. The molecular weight excluding hydrogens is 297 g/mol.